The van der Waals surface area contributed by atoms with Crippen LogP contribution in [0.5, 0.6) is 0 Å². The van der Waals surface area contributed by atoms with E-state index in [2.05, 4.69) is 30.5 Å². The molecule has 0 radical (unpaired) electrons. The second-order valence-corrected chi connectivity index (χ2v) is 6.77. The van der Waals surface area contributed by atoms with E-state index in [1.807, 2.05) is 17.0 Å². The molecule has 1 nitrogen and oxygen atoms in total. The maximum atomic E-state index is 4.32. The maximum Gasteiger partial charge on any atom is 0.0423 e. The summed E-state index contributed by atoms with van der Waals surface area (Å²) in [5.41, 5.74) is 0. The van der Waals surface area contributed by atoms with Crippen molar-refractivity contribution in [3.8, 4) is 0 Å². The Morgan fingerprint density at radius 1 is 1.44 bits per heavy atom. The normalized spacial score (nSPS) is 26.3. The van der Waals surface area contributed by atoms with Crippen LogP contribution in [0, 0.1) is 0 Å². The highest BCUT2D eigenvalue weighted by molar-refractivity contribution is 8.72. The lowest BCUT2D eigenvalue weighted by molar-refractivity contribution is 0.803. The van der Waals surface area contributed by atoms with Gasteiger partial charge in [0.1, 0.15) is 0 Å². The Balaban J connectivity index is 2.66. The van der Waals surface area contributed by atoms with E-state index in [-0.39, 0.29) is 9.72 Å². The number of hydrogen-bond acceptors (Lipinski definition) is 2. The van der Waals surface area contributed by atoms with Gasteiger partial charge in [0.2, 0.25) is 0 Å². The molecule has 0 aliphatic carbocycles. The summed E-state index contributed by atoms with van der Waals surface area (Å²) >= 11 is 0. The van der Waals surface area contributed by atoms with Crippen molar-refractivity contribution in [2.45, 2.75) is 25.5 Å². The highest BCUT2D eigenvalue weighted by Crippen LogP contribution is 2.29. The fourth-order valence-corrected chi connectivity index (χ4v) is 3.23. The van der Waals surface area contributed by atoms with Crippen LogP contribution in [0.4, 0.5) is 0 Å². The van der Waals surface area contributed by atoms with Crippen LogP contribution in [-0.4, -0.2) is 4.75 Å². The molecule has 0 saturated heterocycles. The molecule has 0 bridgehead atoms. The Hall–Kier alpha value is 0.240. The summed E-state index contributed by atoms with van der Waals surface area (Å²) in [5, 5.41) is 2.06. The Morgan fingerprint density at radius 2 is 2.11 bits per heavy atom. The molecule has 1 atom stereocenters. The Kier molecular flexibility index (Phi) is 2.01. The minimum absolute atomic E-state index is 0.186. The van der Waals surface area contributed by atoms with Crippen LogP contribution in [0.1, 0.15) is 20.8 Å². The lowest BCUT2D eigenvalue weighted by Gasteiger charge is -2.17. The number of rotatable bonds is 0. The van der Waals surface area contributed by atoms with Crippen molar-refractivity contribution < 1.29 is 0 Å². The first-order valence-electron chi connectivity index (χ1n) is 2.88. The van der Waals surface area contributed by atoms with E-state index in [1.165, 1.54) is 0 Å². The van der Waals surface area contributed by atoms with Crippen LogP contribution in [0.15, 0.2) is 16.0 Å². The van der Waals surface area contributed by atoms with Gasteiger partial charge in [-0.3, -0.25) is 0 Å². The molecule has 52 valence electrons. The summed E-state index contributed by atoms with van der Waals surface area (Å²) in [6.07, 6.45) is 1.90. The second kappa shape index (κ2) is 2.46. The van der Waals surface area contributed by atoms with Crippen LogP contribution in [0.3, 0.4) is 0 Å². The van der Waals surface area contributed by atoms with Gasteiger partial charge in [-0.15, -0.1) is 0 Å². The molecule has 1 heterocycles. The number of hydrogen-bond donors (Lipinski definition) is 0. The summed E-state index contributed by atoms with van der Waals surface area (Å²) in [6, 6.07) is 0. The lowest BCUT2D eigenvalue weighted by Crippen LogP contribution is -2.16. The molecule has 0 spiro atoms. The monoisotopic (exact) mass is 161 g/mol. The van der Waals surface area contributed by atoms with Crippen LogP contribution in [0.25, 0.3) is 0 Å². The van der Waals surface area contributed by atoms with Gasteiger partial charge in [0.15, 0.2) is 0 Å². The van der Waals surface area contributed by atoms with Gasteiger partial charge < -0.3 is 0 Å². The van der Waals surface area contributed by atoms with Crippen molar-refractivity contribution >= 4 is 20.5 Å². The van der Waals surface area contributed by atoms with Crippen LogP contribution in [0.2, 0.25) is 0 Å². The minimum atomic E-state index is 0.186. The predicted molar refractivity (Wildman–Crippen MR) is 46.3 cm³/mol. The smallest absolute Gasteiger partial charge is 0.0423 e. The van der Waals surface area contributed by atoms with Gasteiger partial charge in [-0.25, -0.2) is 4.36 Å². The molecular weight excluding hydrogens is 150 g/mol. The van der Waals surface area contributed by atoms with E-state index >= 15 is 0 Å². The van der Waals surface area contributed by atoms with Crippen LogP contribution < -0.4 is 0 Å². The van der Waals surface area contributed by atoms with Gasteiger partial charge in [-0.2, -0.15) is 0 Å². The van der Waals surface area contributed by atoms with Crippen molar-refractivity contribution in [2.75, 3.05) is 0 Å². The van der Waals surface area contributed by atoms with Crippen molar-refractivity contribution in [3.05, 3.63) is 11.6 Å². The molecule has 1 aliphatic rings. The highest BCUT2D eigenvalue weighted by Gasteiger charge is 2.18. The van der Waals surface area contributed by atoms with Crippen molar-refractivity contribution in [3.63, 3.8) is 0 Å². The van der Waals surface area contributed by atoms with Gasteiger partial charge in [-0.1, -0.05) is 10.8 Å². The maximum absolute atomic E-state index is 4.32. The zero-order chi connectivity index (χ0) is 6.91. The van der Waals surface area contributed by atoms with Crippen molar-refractivity contribution in [2.24, 2.45) is 4.36 Å². The summed E-state index contributed by atoms with van der Waals surface area (Å²) in [4.78, 5) is 0. The van der Waals surface area contributed by atoms with E-state index in [0.29, 0.717) is 4.75 Å². The van der Waals surface area contributed by atoms with E-state index < -0.39 is 0 Å². The van der Waals surface area contributed by atoms with Gasteiger partial charge in [0, 0.05) is 16.4 Å². The fraction of sp³-hybridized carbons (Fsp3) is 0.667. The van der Waals surface area contributed by atoms with Crippen molar-refractivity contribution in [1.82, 2.24) is 0 Å². The van der Waals surface area contributed by atoms with Crippen LogP contribution >= 0.6 is 10.8 Å². The molecular formula is C6H11NS2. The molecule has 1 unspecified atom stereocenters. The highest BCUT2D eigenvalue weighted by atomic mass is 33.1. The zero-order valence-electron chi connectivity index (χ0n) is 5.92. The molecule has 9 heavy (non-hydrogen) atoms. The van der Waals surface area contributed by atoms with Gasteiger partial charge in [0.25, 0.3) is 0 Å². The largest absolute Gasteiger partial charge is 0.224 e. The Labute approximate surface area is 62.4 Å². The summed E-state index contributed by atoms with van der Waals surface area (Å²) in [5.74, 6) is 0. The topological polar surface area (TPSA) is 12.4 Å². The average Bonchev–Trinajstić information content (AvgIpc) is 2.08. The van der Waals surface area contributed by atoms with Gasteiger partial charge in [0.05, 0.1) is 0 Å². The minimum Gasteiger partial charge on any atom is -0.224 e. The third-order valence-corrected chi connectivity index (χ3v) is 5.30. The first-order valence-corrected chi connectivity index (χ1v) is 5.46. The first-order chi connectivity index (χ1) is 4.11. The van der Waals surface area contributed by atoms with Gasteiger partial charge >= 0.3 is 0 Å². The Morgan fingerprint density at radius 3 is 2.33 bits per heavy atom. The third-order valence-electron chi connectivity index (χ3n) is 0.888. The molecule has 0 amide bonds. The molecule has 3 heteroatoms. The standard InChI is InChI=1S/C6H11NS2/c1-6(2,3)9-7-4-5-8-9/h4-5H,1-3H3. The third kappa shape index (κ3) is 1.83. The quantitative estimate of drug-likeness (QED) is 0.498. The van der Waals surface area contributed by atoms with E-state index in [0.717, 1.165) is 0 Å². The van der Waals surface area contributed by atoms with Gasteiger partial charge in [-0.05, 0) is 30.5 Å². The average molecular weight is 161 g/mol. The molecule has 0 fully saturated rings. The zero-order valence-corrected chi connectivity index (χ0v) is 7.55. The van der Waals surface area contributed by atoms with E-state index in [1.54, 1.807) is 0 Å². The first kappa shape index (κ1) is 7.35. The van der Waals surface area contributed by atoms with Crippen LogP contribution in [-0.2, 0) is 9.72 Å². The molecule has 1 aliphatic heterocycles. The summed E-state index contributed by atoms with van der Waals surface area (Å²) in [6.45, 7) is 6.67. The van der Waals surface area contributed by atoms with E-state index in [4.69, 9.17) is 0 Å². The molecule has 0 aromatic rings. The summed E-state index contributed by atoms with van der Waals surface area (Å²) < 4.78 is 4.66. The molecule has 0 aromatic carbocycles. The second-order valence-electron chi connectivity index (χ2n) is 2.85. The molecule has 0 saturated carbocycles. The molecule has 1 rings (SSSR count). The van der Waals surface area contributed by atoms with E-state index in [9.17, 15) is 0 Å². The SMILES string of the molecule is CC(C)(C)S1=NC=CS1. The predicted octanol–water partition coefficient (Wildman–Crippen LogP) is 2.72. The molecule has 0 N–H and O–H groups in total. The molecule has 0 aromatic heterocycles. The fourth-order valence-electron chi connectivity index (χ4n) is 0.485. The van der Waals surface area contributed by atoms with Crippen molar-refractivity contribution in [1.29, 1.82) is 0 Å². The Bertz CT molecular complexity index is 164. The number of nitrogens with zero attached hydrogens (tertiary/aromatic N) is 1. The lowest BCUT2D eigenvalue weighted by atomic mass is 10.3. The summed E-state index contributed by atoms with van der Waals surface area (Å²) in [7, 11) is 2.02.